The van der Waals surface area contributed by atoms with Gasteiger partial charge in [-0.2, -0.15) is 0 Å². The van der Waals surface area contributed by atoms with Gasteiger partial charge < -0.3 is 15.2 Å². The Balaban J connectivity index is 1.18. The third-order valence-electron chi connectivity index (χ3n) is 5.31. The Bertz CT molecular complexity index is 1350. The second kappa shape index (κ2) is 12.5. The lowest BCUT2D eigenvalue weighted by molar-refractivity contribution is -0.116. The van der Waals surface area contributed by atoms with Crippen molar-refractivity contribution in [3.8, 4) is 0 Å². The van der Waals surface area contributed by atoms with E-state index < -0.39 is 0 Å². The summed E-state index contributed by atoms with van der Waals surface area (Å²) in [6, 6.07) is 18.1. The predicted octanol–water partition coefficient (Wildman–Crippen LogP) is 3.48. The first kappa shape index (κ1) is 24.9. The smallest absolute Gasteiger partial charge is 0.252 e. The molecule has 3 aromatic heterocycles. The van der Waals surface area contributed by atoms with Crippen LogP contribution in [0.3, 0.4) is 0 Å². The van der Waals surface area contributed by atoms with Crippen LogP contribution in [0.1, 0.15) is 29.1 Å². The summed E-state index contributed by atoms with van der Waals surface area (Å²) < 4.78 is 1.62. The van der Waals surface area contributed by atoms with Crippen LogP contribution in [0, 0.1) is 0 Å². The maximum atomic E-state index is 12.4. The zero-order valence-corrected chi connectivity index (χ0v) is 20.4. The summed E-state index contributed by atoms with van der Waals surface area (Å²) >= 11 is 1.35. The van der Waals surface area contributed by atoms with E-state index in [1.807, 2.05) is 36.4 Å². The highest BCUT2D eigenvalue weighted by molar-refractivity contribution is 7.15. The summed E-state index contributed by atoms with van der Waals surface area (Å²) in [7, 11) is 0. The van der Waals surface area contributed by atoms with Crippen LogP contribution in [0.25, 0.3) is 0 Å². The van der Waals surface area contributed by atoms with Crippen LogP contribution in [-0.2, 0) is 35.4 Å². The van der Waals surface area contributed by atoms with Gasteiger partial charge in [-0.05, 0) is 36.6 Å². The number of pyridine rings is 2. The Labute approximate surface area is 212 Å². The molecule has 0 saturated carbocycles. The largest absolute Gasteiger partial charge is 0.326 e. The number of aryl methyl sites for hydroxylation is 2. The number of nitrogens with zero attached hydrogens (tertiary/aromatic N) is 4. The standard InChI is InChI=1S/C26H26N6O3S/c33-22(16-19-8-2-1-3-9-19)28-21-12-15-32(25(35)18-21)14-7-5-11-24-30-31-26(36-24)29-23(34)17-20-10-4-6-13-27-20/h1-4,6,8-10,12-13,15,18H,5,7,11,14,16-17H2,(H,28,33)(H,29,31,34). The minimum Gasteiger partial charge on any atom is -0.326 e. The minimum atomic E-state index is -0.185. The molecule has 0 unspecified atom stereocenters. The normalized spacial score (nSPS) is 10.7. The third kappa shape index (κ3) is 7.67. The second-order valence-corrected chi connectivity index (χ2v) is 9.22. The highest BCUT2D eigenvalue weighted by Crippen LogP contribution is 2.17. The Kier molecular flexibility index (Phi) is 8.66. The molecular formula is C26H26N6O3S. The molecule has 4 aromatic rings. The van der Waals surface area contributed by atoms with Crippen LogP contribution in [-0.4, -0.2) is 31.6 Å². The first-order valence-electron chi connectivity index (χ1n) is 11.6. The maximum Gasteiger partial charge on any atom is 0.252 e. The number of nitrogens with one attached hydrogen (secondary N) is 2. The van der Waals surface area contributed by atoms with E-state index in [-0.39, 0.29) is 30.2 Å². The number of benzene rings is 1. The topological polar surface area (TPSA) is 119 Å². The average Bonchev–Trinajstić information content (AvgIpc) is 3.31. The van der Waals surface area contributed by atoms with Crippen molar-refractivity contribution >= 4 is 34.0 Å². The van der Waals surface area contributed by atoms with Crippen molar-refractivity contribution in [3.63, 3.8) is 0 Å². The van der Waals surface area contributed by atoms with Gasteiger partial charge in [-0.25, -0.2) is 0 Å². The second-order valence-electron chi connectivity index (χ2n) is 8.16. The molecule has 0 fully saturated rings. The van der Waals surface area contributed by atoms with Gasteiger partial charge in [0.05, 0.1) is 12.8 Å². The monoisotopic (exact) mass is 502 g/mol. The van der Waals surface area contributed by atoms with E-state index in [0.29, 0.717) is 29.5 Å². The Hall–Kier alpha value is -4.18. The average molecular weight is 503 g/mol. The predicted molar refractivity (Wildman–Crippen MR) is 139 cm³/mol. The third-order valence-corrected chi connectivity index (χ3v) is 6.21. The van der Waals surface area contributed by atoms with Crippen molar-refractivity contribution < 1.29 is 9.59 Å². The number of unbranched alkanes of at least 4 members (excludes halogenated alkanes) is 1. The van der Waals surface area contributed by atoms with E-state index in [1.165, 1.54) is 17.4 Å². The molecule has 2 amide bonds. The van der Waals surface area contributed by atoms with Gasteiger partial charge in [0.15, 0.2) is 0 Å². The van der Waals surface area contributed by atoms with E-state index in [2.05, 4.69) is 25.8 Å². The molecule has 0 radical (unpaired) electrons. The molecule has 36 heavy (non-hydrogen) atoms. The van der Waals surface area contributed by atoms with Crippen LogP contribution >= 0.6 is 11.3 Å². The highest BCUT2D eigenvalue weighted by Gasteiger charge is 2.10. The van der Waals surface area contributed by atoms with Crippen LogP contribution in [0.5, 0.6) is 0 Å². The number of carbonyl (C=O) groups excluding carboxylic acids is 2. The lowest BCUT2D eigenvalue weighted by Gasteiger charge is -2.08. The van der Waals surface area contributed by atoms with Gasteiger partial charge >= 0.3 is 0 Å². The van der Waals surface area contributed by atoms with E-state index in [4.69, 9.17) is 0 Å². The Morgan fingerprint density at radius 1 is 0.889 bits per heavy atom. The summed E-state index contributed by atoms with van der Waals surface area (Å²) in [5.74, 6) is -0.349. The first-order valence-corrected chi connectivity index (χ1v) is 12.4. The molecule has 3 heterocycles. The van der Waals surface area contributed by atoms with Gasteiger partial charge in [0.2, 0.25) is 16.9 Å². The molecule has 0 spiro atoms. The fourth-order valence-corrected chi connectivity index (χ4v) is 4.35. The molecule has 0 atom stereocenters. The van der Waals surface area contributed by atoms with Gasteiger partial charge in [-0.15, -0.1) is 10.2 Å². The van der Waals surface area contributed by atoms with E-state index in [1.54, 1.807) is 35.2 Å². The van der Waals surface area contributed by atoms with Gasteiger partial charge in [0.1, 0.15) is 5.01 Å². The molecule has 184 valence electrons. The number of amides is 2. The number of anilines is 2. The zero-order valence-electron chi connectivity index (χ0n) is 19.6. The SMILES string of the molecule is O=C(Cc1ccccc1)Nc1ccn(CCCCc2nnc(NC(=O)Cc3ccccn3)s2)c(=O)c1. The zero-order chi connectivity index (χ0) is 25.2. The van der Waals surface area contributed by atoms with Crippen molar-refractivity contribution in [2.45, 2.75) is 38.6 Å². The summed E-state index contributed by atoms with van der Waals surface area (Å²) in [5, 5.41) is 15.0. The quantitative estimate of drug-likeness (QED) is 0.303. The molecular weight excluding hydrogens is 476 g/mol. The molecule has 4 rings (SSSR count). The highest BCUT2D eigenvalue weighted by atomic mass is 32.1. The summed E-state index contributed by atoms with van der Waals surface area (Å²) in [6.45, 7) is 0.559. The summed E-state index contributed by atoms with van der Waals surface area (Å²) in [5.41, 5.74) is 1.93. The van der Waals surface area contributed by atoms with Crippen LogP contribution in [0.4, 0.5) is 10.8 Å². The minimum absolute atomic E-state index is 0.164. The molecule has 2 N–H and O–H groups in total. The number of rotatable bonds is 11. The molecule has 0 aliphatic heterocycles. The van der Waals surface area contributed by atoms with Gasteiger partial charge in [0.25, 0.3) is 5.56 Å². The molecule has 0 aliphatic carbocycles. The van der Waals surface area contributed by atoms with Gasteiger partial charge in [0, 0.05) is 42.8 Å². The molecule has 9 nitrogen and oxygen atoms in total. The van der Waals surface area contributed by atoms with Crippen molar-refractivity contribution in [3.05, 3.63) is 99.7 Å². The lowest BCUT2D eigenvalue weighted by Crippen LogP contribution is -2.21. The summed E-state index contributed by atoms with van der Waals surface area (Å²) in [4.78, 5) is 40.9. The van der Waals surface area contributed by atoms with Crippen LogP contribution < -0.4 is 16.2 Å². The first-order chi connectivity index (χ1) is 17.5. The molecule has 0 bridgehead atoms. The van der Waals surface area contributed by atoms with Crippen LogP contribution in [0.2, 0.25) is 0 Å². The van der Waals surface area contributed by atoms with E-state index >= 15 is 0 Å². The number of hydrogen-bond acceptors (Lipinski definition) is 7. The van der Waals surface area contributed by atoms with E-state index in [9.17, 15) is 14.4 Å². The van der Waals surface area contributed by atoms with E-state index in [0.717, 1.165) is 23.4 Å². The van der Waals surface area contributed by atoms with Crippen molar-refractivity contribution in [2.75, 3.05) is 10.6 Å². The fraction of sp³-hybridized carbons (Fsp3) is 0.231. The molecule has 10 heteroatoms. The van der Waals surface area contributed by atoms with Crippen molar-refractivity contribution in [2.24, 2.45) is 0 Å². The Morgan fingerprint density at radius 3 is 2.47 bits per heavy atom. The van der Waals surface area contributed by atoms with Gasteiger partial charge in [-0.3, -0.25) is 19.4 Å². The molecule has 0 saturated heterocycles. The fourth-order valence-electron chi connectivity index (χ4n) is 3.55. The number of hydrogen-bond donors (Lipinski definition) is 2. The van der Waals surface area contributed by atoms with Crippen LogP contribution in [0.15, 0.2) is 77.9 Å². The maximum absolute atomic E-state index is 12.4. The number of carbonyl (C=O) groups is 2. The Morgan fingerprint density at radius 2 is 1.69 bits per heavy atom. The lowest BCUT2D eigenvalue weighted by atomic mass is 10.1. The van der Waals surface area contributed by atoms with Crippen molar-refractivity contribution in [1.82, 2.24) is 19.7 Å². The number of aromatic nitrogens is 4. The van der Waals surface area contributed by atoms with Gasteiger partial charge in [-0.1, -0.05) is 47.7 Å². The summed E-state index contributed by atoms with van der Waals surface area (Å²) in [6.07, 6.45) is 6.08. The molecule has 0 aliphatic rings. The molecule has 1 aromatic carbocycles. The van der Waals surface area contributed by atoms with Crippen molar-refractivity contribution in [1.29, 1.82) is 0 Å².